The number of ether oxygens (including phenoxy) is 2. The van der Waals surface area contributed by atoms with Gasteiger partial charge in [-0.05, 0) is 48.7 Å². The van der Waals surface area contributed by atoms with Crippen molar-refractivity contribution in [1.82, 2.24) is 9.21 Å². The summed E-state index contributed by atoms with van der Waals surface area (Å²) in [6.07, 6.45) is -2.32. The Hall–Kier alpha value is -2.31. The van der Waals surface area contributed by atoms with Crippen LogP contribution in [0.5, 0.6) is 5.75 Å². The van der Waals surface area contributed by atoms with Gasteiger partial charge in [-0.2, -0.15) is 4.31 Å². The van der Waals surface area contributed by atoms with E-state index in [4.69, 9.17) is 9.47 Å². The van der Waals surface area contributed by atoms with E-state index in [0.717, 1.165) is 21.6 Å². The van der Waals surface area contributed by atoms with Crippen molar-refractivity contribution < 1.29 is 32.9 Å². The molecule has 1 aliphatic heterocycles. The summed E-state index contributed by atoms with van der Waals surface area (Å²) in [6, 6.07) is 14.6. The number of methoxy groups -OCH3 is 1. The van der Waals surface area contributed by atoms with Gasteiger partial charge >= 0.3 is 0 Å². The summed E-state index contributed by atoms with van der Waals surface area (Å²) in [5.41, 5.74) is 0. The van der Waals surface area contributed by atoms with Crippen LogP contribution in [0.4, 0.5) is 4.79 Å². The van der Waals surface area contributed by atoms with Crippen molar-refractivity contribution >= 4 is 27.9 Å². The number of aliphatic hydroxyl groups excluding tert-OH is 1. The molecule has 36 heavy (non-hydrogen) atoms. The summed E-state index contributed by atoms with van der Waals surface area (Å²) in [5, 5.41) is 22.7. The molecule has 3 atom stereocenters. The summed E-state index contributed by atoms with van der Waals surface area (Å²) in [5.74, 6) is 0.484. The molecule has 198 valence electrons. The van der Waals surface area contributed by atoms with Crippen molar-refractivity contribution in [2.75, 3.05) is 33.4 Å². The Kier molecular flexibility index (Phi) is 10.0. The minimum atomic E-state index is -3.99. The normalized spacial score (nSPS) is 17.8. The number of hydrogen-bond donors (Lipinski definition) is 1. The van der Waals surface area contributed by atoms with Crippen LogP contribution in [0.3, 0.4) is 0 Å². The van der Waals surface area contributed by atoms with E-state index in [1.807, 2.05) is 44.2 Å². The lowest BCUT2D eigenvalue weighted by atomic mass is 10.2. The lowest BCUT2D eigenvalue weighted by Crippen LogP contribution is -2.57. The van der Waals surface area contributed by atoms with Crippen molar-refractivity contribution in [1.29, 1.82) is 0 Å². The van der Waals surface area contributed by atoms with Crippen LogP contribution in [0.25, 0.3) is 0 Å². The number of aliphatic hydroxyl groups is 1. The van der Waals surface area contributed by atoms with E-state index < -0.39 is 33.6 Å². The molecule has 1 heterocycles. The smallest absolute Gasteiger partial charge is 0.243 e. The van der Waals surface area contributed by atoms with E-state index in [1.165, 1.54) is 23.5 Å². The molecule has 0 aliphatic carbocycles. The van der Waals surface area contributed by atoms with Crippen molar-refractivity contribution in [2.24, 2.45) is 5.92 Å². The zero-order valence-electron chi connectivity index (χ0n) is 20.6. The molecule has 11 heteroatoms. The number of amides is 1. The number of carbonyl (C=O) groups is 1. The van der Waals surface area contributed by atoms with Crippen LogP contribution >= 0.6 is 11.8 Å². The predicted molar refractivity (Wildman–Crippen MR) is 135 cm³/mol. The molecule has 0 bridgehead atoms. The fourth-order valence-electron chi connectivity index (χ4n) is 4.04. The zero-order chi connectivity index (χ0) is 26.3. The van der Waals surface area contributed by atoms with Gasteiger partial charge in [0.1, 0.15) is 17.2 Å². The van der Waals surface area contributed by atoms with Gasteiger partial charge in [0.15, 0.2) is 0 Å². The number of benzene rings is 2. The van der Waals surface area contributed by atoms with Gasteiger partial charge < -0.3 is 29.4 Å². The highest BCUT2D eigenvalue weighted by molar-refractivity contribution is 8.00. The largest absolute Gasteiger partial charge is 0.530 e. The zero-order valence-corrected chi connectivity index (χ0v) is 22.3. The summed E-state index contributed by atoms with van der Waals surface area (Å²) in [4.78, 5) is 14.2. The van der Waals surface area contributed by atoms with Gasteiger partial charge in [-0.15, -0.1) is 0 Å². The highest BCUT2D eigenvalue weighted by Gasteiger charge is 2.37. The van der Waals surface area contributed by atoms with Gasteiger partial charge in [0.05, 0.1) is 30.8 Å². The summed E-state index contributed by atoms with van der Waals surface area (Å²) in [7, 11) is -2.49. The van der Waals surface area contributed by atoms with Gasteiger partial charge in [-0.1, -0.05) is 43.8 Å². The van der Waals surface area contributed by atoms with Crippen LogP contribution < -0.4 is 9.84 Å². The van der Waals surface area contributed by atoms with Crippen LogP contribution in [-0.4, -0.2) is 79.8 Å². The summed E-state index contributed by atoms with van der Waals surface area (Å²) >= 11 is 1.15. The molecule has 0 aromatic heterocycles. The Morgan fingerprint density at radius 3 is 2.36 bits per heavy atom. The van der Waals surface area contributed by atoms with E-state index in [1.54, 1.807) is 12.1 Å². The molecule has 2 aromatic rings. The van der Waals surface area contributed by atoms with E-state index in [9.17, 15) is 23.4 Å². The molecule has 1 aliphatic rings. The average molecular weight is 538 g/mol. The first kappa shape index (κ1) is 28.3. The molecule has 2 unspecified atom stereocenters. The topological polar surface area (TPSA) is 119 Å². The van der Waals surface area contributed by atoms with Crippen LogP contribution in [0.1, 0.15) is 20.3 Å². The molecule has 0 radical (unpaired) electrons. The highest BCUT2D eigenvalue weighted by atomic mass is 32.2. The van der Waals surface area contributed by atoms with Gasteiger partial charge in [-0.3, -0.25) is 0 Å². The van der Waals surface area contributed by atoms with Crippen molar-refractivity contribution in [2.45, 2.75) is 47.6 Å². The Morgan fingerprint density at radius 2 is 1.83 bits per heavy atom. The molecule has 1 amide bonds. The van der Waals surface area contributed by atoms with Crippen LogP contribution in [0.15, 0.2) is 64.4 Å². The van der Waals surface area contributed by atoms with Crippen LogP contribution in [0, 0.1) is 5.92 Å². The number of carboxylic acid groups (broad SMARTS) is 1. The lowest BCUT2D eigenvalue weighted by molar-refractivity contribution is -0.270. The fraction of sp³-hybridized carbons (Fsp3) is 0.480. The molecule has 1 N–H and O–H groups in total. The Balaban J connectivity index is 1.94. The maximum Gasteiger partial charge on any atom is 0.243 e. The second-order valence-corrected chi connectivity index (χ2v) is 12.1. The average Bonchev–Trinajstić information content (AvgIpc) is 3.37. The Labute approximate surface area is 217 Å². The van der Waals surface area contributed by atoms with Crippen LogP contribution in [-0.2, 0) is 14.8 Å². The number of nitrogens with zero attached hydrogens (tertiary/aromatic N) is 2. The van der Waals surface area contributed by atoms with Crippen molar-refractivity contribution in [3.8, 4) is 5.75 Å². The third-order valence-corrected chi connectivity index (χ3v) is 8.94. The molecule has 1 fully saturated rings. The summed E-state index contributed by atoms with van der Waals surface area (Å²) in [6.45, 7) is 4.19. The standard InChI is InChI=1S/C25H34N2O7S2/c1-18(2)15-26(36(31,32)22-11-9-20(33-3)10-12-22)16-23(28)24(35-21-7-5-4-6-8-21)27(25(29)30)19-13-14-34-17-19/h4-12,18-19,23-24,28H,13-17H2,1-3H3,(H,29,30)/p-1/t19-,23?,24?/m0/s1. The maximum atomic E-state index is 13.5. The molecule has 1 saturated heterocycles. The van der Waals surface area contributed by atoms with Crippen molar-refractivity contribution in [3.05, 3.63) is 54.6 Å². The fourth-order valence-corrected chi connectivity index (χ4v) is 6.86. The molecule has 3 rings (SSSR count). The van der Waals surface area contributed by atoms with Gasteiger partial charge in [0.25, 0.3) is 0 Å². The maximum absolute atomic E-state index is 13.5. The first-order chi connectivity index (χ1) is 17.1. The third-order valence-electron chi connectivity index (χ3n) is 5.77. The quantitative estimate of drug-likeness (QED) is 0.323. The minimum Gasteiger partial charge on any atom is -0.530 e. The second-order valence-electron chi connectivity index (χ2n) is 8.97. The van der Waals surface area contributed by atoms with Crippen molar-refractivity contribution in [3.63, 3.8) is 0 Å². The van der Waals surface area contributed by atoms with Gasteiger partial charge in [-0.25, -0.2) is 8.42 Å². The molecule has 9 nitrogen and oxygen atoms in total. The Bertz CT molecular complexity index is 1080. The van der Waals surface area contributed by atoms with E-state index in [0.29, 0.717) is 18.8 Å². The molecule has 0 saturated carbocycles. The lowest BCUT2D eigenvalue weighted by Gasteiger charge is -2.41. The highest BCUT2D eigenvalue weighted by Crippen LogP contribution is 2.32. The summed E-state index contributed by atoms with van der Waals surface area (Å²) < 4.78 is 38.8. The van der Waals surface area contributed by atoms with Gasteiger partial charge in [0, 0.05) is 24.6 Å². The van der Waals surface area contributed by atoms with E-state index >= 15 is 0 Å². The molecule has 0 spiro atoms. The number of sulfonamides is 1. The first-order valence-corrected chi connectivity index (χ1v) is 14.1. The minimum absolute atomic E-state index is 0.0362. The molecule has 2 aromatic carbocycles. The number of carbonyl (C=O) groups excluding carboxylic acids is 1. The predicted octanol–water partition coefficient (Wildman–Crippen LogP) is 2.26. The second kappa shape index (κ2) is 12.8. The third kappa shape index (κ3) is 7.13. The number of thioether (sulfide) groups is 1. The number of rotatable bonds is 12. The molecular weight excluding hydrogens is 504 g/mol. The van der Waals surface area contributed by atoms with Crippen LogP contribution in [0.2, 0.25) is 0 Å². The van der Waals surface area contributed by atoms with E-state index in [2.05, 4.69) is 0 Å². The number of hydrogen-bond acceptors (Lipinski definition) is 8. The Morgan fingerprint density at radius 1 is 1.17 bits per heavy atom. The van der Waals surface area contributed by atoms with E-state index in [-0.39, 0.29) is 30.5 Å². The first-order valence-electron chi connectivity index (χ1n) is 11.7. The van der Waals surface area contributed by atoms with Gasteiger partial charge in [0.2, 0.25) is 10.0 Å². The SMILES string of the molecule is COc1ccc(S(=O)(=O)N(CC(C)C)CC(O)C(Sc2ccccc2)N(C(=O)[O-])[C@H]2CCOC2)cc1. The monoisotopic (exact) mass is 537 g/mol. The molecular formula is C25H33N2O7S2-.